The van der Waals surface area contributed by atoms with Gasteiger partial charge in [-0.05, 0) is 68.6 Å². The second-order valence-corrected chi connectivity index (χ2v) is 7.08. The zero-order chi connectivity index (χ0) is 17.2. The maximum atomic E-state index is 12.5. The topological polar surface area (TPSA) is 54.5 Å². The first-order chi connectivity index (χ1) is 12.2. The van der Waals surface area contributed by atoms with E-state index in [1.54, 1.807) is 6.20 Å². The molecule has 2 aliphatic heterocycles. The zero-order valence-electron chi connectivity index (χ0n) is 14.4. The van der Waals surface area contributed by atoms with Gasteiger partial charge in [0.2, 0.25) is 0 Å². The first kappa shape index (κ1) is 16.1. The summed E-state index contributed by atoms with van der Waals surface area (Å²) in [4.78, 5) is 19.1. The molecule has 2 fully saturated rings. The third kappa shape index (κ3) is 3.82. The quantitative estimate of drug-likeness (QED) is 0.932. The maximum absolute atomic E-state index is 12.5. The number of carbonyl (C=O) groups excluding carboxylic acids is 1. The number of hydrogen-bond donors (Lipinski definition) is 1. The zero-order valence-corrected chi connectivity index (χ0v) is 14.4. The van der Waals surface area contributed by atoms with Crippen LogP contribution in [0.15, 0.2) is 42.6 Å². The molecule has 1 aromatic carbocycles. The van der Waals surface area contributed by atoms with Crippen LogP contribution in [0, 0.1) is 12.8 Å². The van der Waals surface area contributed by atoms with E-state index in [1.165, 1.54) is 19.5 Å². The Bertz CT molecular complexity index is 731. The normalized spacial score (nSPS) is 24.8. The highest BCUT2D eigenvalue weighted by Gasteiger charge is 2.32. The van der Waals surface area contributed by atoms with E-state index < -0.39 is 0 Å². The summed E-state index contributed by atoms with van der Waals surface area (Å²) in [5.74, 6) is 2.13. The Morgan fingerprint density at radius 1 is 1.16 bits per heavy atom. The molecule has 25 heavy (non-hydrogen) atoms. The van der Waals surface area contributed by atoms with Gasteiger partial charge >= 0.3 is 0 Å². The SMILES string of the molecule is Cc1ccc(Oc2ccc(C(=O)NC3CC4CCN(C4)C3)cc2)cn1. The van der Waals surface area contributed by atoms with Gasteiger partial charge in [0.25, 0.3) is 5.91 Å². The van der Waals surface area contributed by atoms with E-state index in [4.69, 9.17) is 4.74 Å². The highest BCUT2D eigenvalue weighted by atomic mass is 16.5. The number of amides is 1. The van der Waals surface area contributed by atoms with E-state index >= 15 is 0 Å². The van der Waals surface area contributed by atoms with E-state index in [9.17, 15) is 4.79 Å². The minimum Gasteiger partial charge on any atom is -0.456 e. The molecular formula is C20H23N3O2. The molecule has 1 aromatic heterocycles. The summed E-state index contributed by atoms with van der Waals surface area (Å²) >= 11 is 0. The van der Waals surface area contributed by atoms with Crippen LogP contribution in [-0.4, -0.2) is 41.5 Å². The predicted octanol–water partition coefficient (Wildman–Crippen LogP) is 3.01. The predicted molar refractivity (Wildman–Crippen MR) is 95.9 cm³/mol. The molecule has 2 aliphatic rings. The third-order valence-corrected chi connectivity index (χ3v) is 5.04. The number of aromatic nitrogens is 1. The van der Waals surface area contributed by atoms with Crippen LogP contribution in [0.2, 0.25) is 0 Å². The van der Waals surface area contributed by atoms with Gasteiger partial charge in [-0.25, -0.2) is 0 Å². The second-order valence-electron chi connectivity index (χ2n) is 7.08. The Morgan fingerprint density at radius 3 is 2.68 bits per heavy atom. The smallest absolute Gasteiger partial charge is 0.251 e. The lowest BCUT2D eigenvalue weighted by atomic mass is 9.96. The number of benzene rings is 1. The number of nitrogens with one attached hydrogen (secondary N) is 1. The summed E-state index contributed by atoms with van der Waals surface area (Å²) < 4.78 is 5.75. The number of pyridine rings is 1. The first-order valence-electron chi connectivity index (χ1n) is 8.89. The van der Waals surface area contributed by atoms with Gasteiger partial charge in [0.1, 0.15) is 11.5 Å². The Hall–Kier alpha value is -2.40. The van der Waals surface area contributed by atoms with Gasteiger partial charge in [0, 0.05) is 30.4 Å². The van der Waals surface area contributed by atoms with Gasteiger partial charge in [-0.2, -0.15) is 0 Å². The highest BCUT2D eigenvalue weighted by Crippen LogP contribution is 2.27. The number of carbonyl (C=O) groups is 1. The van der Waals surface area contributed by atoms with Gasteiger partial charge in [0.05, 0.1) is 6.20 Å². The van der Waals surface area contributed by atoms with E-state index in [0.29, 0.717) is 17.1 Å². The summed E-state index contributed by atoms with van der Waals surface area (Å²) in [5.41, 5.74) is 1.62. The van der Waals surface area contributed by atoms with Gasteiger partial charge in [-0.3, -0.25) is 9.78 Å². The van der Waals surface area contributed by atoms with Gasteiger partial charge < -0.3 is 15.0 Å². The molecule has 3 unspecified atom stereocenters. The Labute approximate surface area is 148 Å². The highest BCUT2D eigenvalue weighted by molar-refractivity contribution is 5.94. The van der Waals surface area contributed by atoms with Crippen molar-refractivity contribution in [2.24, 2.45) is 5.92 Å². The molecule has 4 rings (SSSR count). The maximum Gasteiger partial charge on any atom is 0.251 e. The molecule has 2 saturated heterocycles. The van der Waals surface area contributed by atoms with Crippen LogP contribution < -0.4 is 10.1 Å². The van der Waals surface area contributed by atoms with E-state index in [2.05, 4.69) is 15.2 Å². The molecule has 3 atom stereocenters. The average Bonchev–Trinajstić information content (AvgIpc) is 2.96. The number of hydrogen-bond acceptors (Lipinski definition) is 4. The second kappa shape index (κ2) is 6.84. The number of fused-ring (bicyclic) bond motifs is 2. The van der Waals surface area contributed by atoms with Gasteiger partial charge in [0.15, 0.2) is 0 Å². The van der Waals surface area contributed by atoms with Crippen molar-refractivity contribution in [3.63, 3.8) is 0 Å². The molecular weight excluding hydrogens is 314 g/mol. The van der Waals surface area contributed by atoms with Crippen LogP contribution >= 0.6 is 0 Å². The fourth-order valence-corrected chi connectivity index (χ4v) is 3.76. The molecule has 3 heterocycles. The number of aryl methyl sites for hydroxylation is 1. The molecule has 1 amide bonds. The molecule has 0 radical (unpaired) electrons. The summed E-state index contributed by atoms with van der Waals surface area (Å²) in [6, 6.07) is 11.3. The van der Waals surface area contributed by atoms with Crippen LogP contribution in [0.25, 0.3) is 0 Å². The first-order valence-corrected chi connectivity index (χ1v) is 8.89. The molecule has 0 saturated carbocycles. The molecule has 2 bridgehead atoms. The number of piperidine rings is 1. The van der Waals surface area contributed by atoms with Crippen LogP contribution in [-0.2, 0) is 0 Å². The Morgan fingerprint density at radius 2 is 1.96 bits per heavy atom. The van der Waals surface area contributed by atoms with Crippen molar-refractivity contribution >= 4 is 5.91 Å². The molecule has 130 valence electrons. The molecule has 5 heteroatoms. The van der Waals surface area contributed by atoms with Crippen molar-refractivity contribution < 1.29 is 9.53 Å². The van der Waals surface area contributed by atoms with Crippen molar-refractivity contribution in [1.29, 1.82) is 0 Å². The summed E-state index contributed by atoms with van der Waals surface area (Å²) in [7, 11) is 0. The minimum absolute atomic E-state index is 0.00366. The van der Waals surface area contributed by atoms with Crippen LogP contribution in [0.5, 0.6) is 11.5 Å². The van der Waals surface area contributed by atoms with E-state index in [1.807, 2.05) is 43.3 Å². The Balaban J connectivity index is 1.36. The largest absolute Gasteiger partial charge is 0.456 e. The monoisotopic (exact) mass is 337 g/mol. The molecule has 0 spiro atoms. The molecule has 2 aromatic rings. The minimum atomic E-state index is -0.00366. The molecule has 1 N–H and O–H groups in total. The van der Waals surface area contributed by atoms with Crippen LogP contribution in [0.3, 0.4) is 0 Å². The lowest BCUT2D eigenvalue weighted by Crippen LogP contribution is -2.46. The summed E-state index contributed by atoms with van der Waals surface area (Å²) in [6.07, 6.45) is 4.07. The lowest BCUT2D eigenvalue weighted by molar-refractivity contribution is 0.0909. The third-order valence-electron chi connectivity index (χ3n) is 5.04. The average molecular weight is 337 g/mol. The Kier molecular flexibility index (Phi) is 4.40. The number of rotatable bonds is 4. The van der Waals surface area contributed by atoms with Crippen molar-refractivity contribution in [3.05, 3.63) is 53.9 Å². The lowest BCUT2D eigenvalue weighted by Gasteiger charge is -2.30. The summed E-state index contributed by atoms with van der Waals surface area (Å²) in [5, 5.41) is 3.18. The van der Waals surface area contributed by atoms with Crippen molar-refractivity contribution in [2.75, 3.05) is 19.6 Å². The van der Waals surface area contributed by atoms with Gasteiger partial charge in [-0.1, -0.05) is 0 Å². The van der Waals surface area contributed by atoms with Crippen LogP contribution in [0.1, 0.15) is 28.9 Å². The molecule has 0 aliphatic carbocycles. The van der Waals surface area contributed by atoms with E-state index in [-0.39, 0.29) is 11.9 Å². The van der Waals surface area contributed by atoms with Gasteiger partial charge in [-0.15, -0.1) is 0 Å². The fourth-order valence-electron chi connectivity index (χ4n) is 3.76. The fraction of sp³-hybridized carbons (Fsp3) is 0.400. The van der Waals surface area contributed by atoms with Crippen molar-refractivity contribution in [2.45, 2.75) is 25.8 Å². The van der Waals surface area contributed by atoms with Crippen molar-refractivity contribution in [1.82, 2.24) is 15.2 Å². The van der Waals surface area contributed by atoms with E-state index in [0.717, 1.165) is 24.6 Å². The number of ether oxygens (including phenoxy) is 1. The standard InChI is InChI=1S/C20H23N3O2/c1-14-2-5-19(11-21-14)25-18-6-3-16(4-7-18)20(24)22-17-10-15-8-9-23(12-15)13-17/h2-7,11,15,17H,8-10,12-13H2,1H3,(H,22,24). The number of nitrogens with zero attached hydrogens (tertiary/aromatic N) is 2. The molecule has 5 nitrogen and oxygen atoms in total. The van der Waals surface area contributed by atoms with Crippen LogP contribution in [0.4, 0.5) is 0 Å². The summed E-state index contributed by atoms with van der Waals surface area (Å²) in [6.45, 7) is 5.29. The van der Waals surface area contributed by atoms with Crippen molar-refractivity contribution in [3.8, 4) is 11.5 Å².